The molecule has 5 nitrogen and oxygen atoms in total. The van der Waals surface area contributed by atoms with Crippen molar-refractivity contribution in [2.24, 2.45) is 0 Å². The van der Waals surface area contributed by atoms with Crippen LogP contribution >= 0.6 is 0 Å². The van der Waals surface area contributed by atoms with Crippen LogP contribution in [0.4, 0.5) is 10.5 Å². The van der Waals surface area contributed by atoms with Crippen LogP contribution in [0.3, 0.4) is 0 Å². The predicted molar refractivity (Wildman–Crippen MR) is 72.1 cm³/mol. The highest BCUT2D eigenvalue weighted by Gasteiger charge is 2.23. The molecule has 0 aliphatic heterocycles. The molecule has 2 N–H and O–H groups in total. The number of anilines is 1. The van der Waals surface area contributed by atoms with Crippen LogP contribution in [-0.2, 0) is 4.74 Å². The van der Waals surface area contributed by atoms with Gasteiger partial charge in [0.05, 0.1) is 5.56 Å². The highest BCUT2D eigenvalue weighted by molar-refractivity contribution is 5.94. The van der Waals surface area contributed by atoms with Gasteiger partial charge in [-0.25, -0.2) is 9.59 Å². The first-order valence-corrected chi connectivity index (χ1v) is 6.14. The third-order valence-electron chi connectivity index (χ3n) is 2.60. The van der Waals surface area contributed by atoms with Crippen LogP contribution in [0.1, 0.15) is 23.2 Å². The Balaban J connectivity index is 1.95. The third kappa shape index (κ3) is 4.13. The monoisotopic (exact) mass is 260 g/mol. The zero-order valence-corrected chi connectivity index (χ0v) is 10.5. The van der Waals surface area contributed by atoms with Crippen LogP contribution in [-0.4, -0.2) is 24.6 Å². The minimum Gasteiger partial charge on any atom is -0.458 e. The molecule has 19 heavy (non-hydrogen) atoms. The van der Waals surface area contributed by atoms with E-state index in [9.17, 15) is 9.59 Å². The maximum Gasteiger partial charge on any atom is 0.338 e. The molecule has 0 unspecified atom stereocenters. The zero-order chi connectivity index (χ0) is 13.7. The molecule has 5 heteroatoms. The summed E-state index contributed by atoms with van der Waals surface area (Å²) in [5.41, 5.74) is 0.956. The number of urea groups is 1. The second kappa shape index (κ2) is 6.04. The van der Waals surface area contributed by atoms with Crippen molar-refractivity contribution in [1.82, 2.24) is 5.32 Å². The summed E-state index contributed by atoms with van der Waals surface area (Å²) in [7, 11) is 0. The molecule has 0 atom stereocenters. The Labute approximate surface area is 111 Å². The second-order valence-corrected chi connectivity index (χ2v) is 4.34. The summed E-state index contributed by atoms with van der Waals surface area (Å²) in [5, 5.41) is 5.49. The van der Waals surface area contributed by atoms with Crippen LogP contribution in [0.25, 0.3) is 0 Å². The average molecular weight is 260 g/mol. The maximum absolute atomic E-state index is 11.6. The fraction of sp³-hybridized carbons (Fsp3) is 0.286. The molecule has 1 fully saturated rings. The molecule has 1 aliphatic carbocycles. The number of esters is 1. The van der Waals surface area contributed by atoms with Crippen LogP contribution in [0, 0.1) is 0 Å². The number of ether oxygens (including phenoxy) is 1. The van der Waals surface area contributed by atoms with Crippen molar-refractivity contribution < 1.29 is 14.3 Å². The average Bonchev–Trinajstić information content (AvgIpc) is 3.20. The van der Waals surface area contributed by atoms with Gasteiger partial charge in [0.2, 0.25) is 0 Å². The van der Waals surface area contributed by atoms with Crippen molar-refractivity contribution in [1.29, 1.82) is 0 Å². The predicted octanol–water partition coefficient (Wildman–Crippen LogP) is 2.31. The Morgan fingerprint density at radius 2 is 2.21 bits per heavy atom. The highest BCUT2D eigenvalue weighted by atomic mass is 16.5. The van der Waals surface area contributed by atoms with Gasteiger partial charge in [0.1, 0.15) is 6.61 Å². The number of carbonyl (C=O) groups is 2. The van der Waals surface area contributed by atoms with E-state index in [2.05, 4.69) is 17.2 Å². The van der Waals surface area contributed by atoms with Gasteiger partial charge in [0.15, 0.2) is 0 Å². The normalized spacial score (nSPS) is 13.5. The first-order valence-electron chi connectivity index (χ1n) is 6.14. The molecule has 0 spiro atoms. The molecule has 0 aromatic heterocycles. The number of nitrogens with one attached hydrogen (secondary N) is 2. The molecule has 2 rings (SSSR count). The van der Waals surface area contributed by atoms with Crippen LogP contribution in [0.2, 0.25) is 0 Å². The standard InChI is InChI=1S/C14H16N2O3/c1-2-8-19-13(17)10-4-3-5-12(9-10)16-14(18)15-11-6-7-11/h2-5,9,11H,1,6-8H2,(H2,15,16,18). The van der Waals surface area contributed by atoms with Crippen LogP contribution in [0.5, 0.6) is 0 Å². The molecular formula is C14H16N2O3. The van der Waals surface area contributed by atoms with Crippen molar-refractivity contribution >= 4 is 17.7 Å². The summed E-state index contributed by atoms with van der Waals surface area (Å²) in [5.74, 6) is -0.439. The molecule has 0 radical (unpaired) electrons. The first kappa shape index (κ1) is 13.1. The van der Waals surface area contributed by atoms with E-state index in [-0.39, 0.29) is 12.6 Å². The van der Waals surface area contributed by atoms with Crippen molar-refractivity contribution in [2.75, 3.05) is 11.9 Å². The van der Waals surface area contributed by atoms with Crippen LogP contribution in [0.15, 0.2) is 36.9 Å². The number of amides is 2. The van der Waals surface area contributed by atoms with Gasteiger partial charge in [-0.15, -0.1) is 0 Å². The molecule has 0 heterocycles. The minimum absolute atomic E-state index is 0.165. The highest BCUT2D eigenvalue weighted by Crippen LogP contribution is 2.19. The Kier molecular flexibility index (Phi) is 4.18. The van der Waals surface area contributed by atoms with E-state index in [1.807, 2.05) is 0 Å². The van der Waals surface area contributed by atoms with Gasteiger partial charge < -0.3 is 15.4 Å². The summed E-state index contributed by atoms with van der Waals surface area (Å²) < 4.78 is 4.93. The molecule has 1 aliphatic rings. The summed E-state index contributed by atoms with van der Waals surface area (Å²) in [6.07, 6.45) is 3.56. The molecule has 2 amide bonds. The molecule has 0 bridgehead atoms. The maximum atomic E-state index is 11.6. The quantitative estimate of drug-likeness (QED) is 0.630. The molecule has 100 valence electrons. The summed E-state index contributed by atoms with van der Waals surface area (Å²) in [6.45, 7) is 3.64. The van der Waals surface area contributed by atoms with E-state index >= 15 is 0 Å². The first-order chi connectivity index (χ1) is 9.19. The van der Waals surface area contributed by atoms with Gasteiger partial charge in [0, 0.05) is 11.7 Å². The Bertz CT molecular complexity index is 495. The summed E-state index contributed by atoms with van der Waals surface area (Å²) >= 11 is 0. The number of carbonyl (C=O) groups excluding carboxylic acids is 2. The number of benzene rings is 1. The molecule has 1 aromatic carbocycles. The molecular weight excluding hydrogens is 244 g/mol. The molecule has 1 aromatic rings. The van der Waals surface area contributed by atoms with Gasteiger partial charge in [0.25, 0.3) is 0 Å². The number of rotatable bonds is 5. The van der Waals surface area contributed by atoms with E-state index in [1.54, 1.807) is 24.3 Å². The lowest BCUT2D eigenvalue weighted by molar-refractivity contribution is 0.0549. The van der Waals surface area contributed by atoms with Crippen LogP contribution < -0.4 is 10.6 Å². The van der Waals surface area contributed by atoms with E-state index in [0.29, 0.717) is 17.3 Å². The lowest BCUT2D eigenvalue weighted by Crippen LogP contribution is -2.30. The third-order valence-corrected chi connectivity index (χ3v) is 2.60. The van der Waals surface area contributed by atoms with Gasteiger partial charge in [-0.05, 0) is 31.0 Å². The molecule has 1 saturated carbocycles. The number of hydrogen-bond donors (Lipinski definition) is 2. The topological polar surface area (TPSA) is 67.4 Å². The smallest absolute Gasteiger partial charge is 0.338 e. The Hall–Kier alpha value is -2.30. The van der Waals surface area contributed by atoms with E-state index in [1.165, 1.54) is 6.08 Å². The van der Waals surface area contributed by atoms with Crippen molar-refractivity contribution in [2.45, 2.75) is 18.9 Å². The second-order valence-electron chi connectivity index (χ2n) is 4.34. The lowest BCUT2D eigenvalue weighted by Gasteiger charge is -2.08. The van der Waals surface area contributed by atoms with Gasteiger partial charge in [-0.3, -0.25) is 0 Å². The zero-order valence-electron chi connectivity index (χ0n) is 10.5. The van der Waals surface area contributed by atoms with Crippen molar-refractivity contribution in [3.63, 3.8) is 0 Å². The van der Waals surface area contributed by atoms with Crippen molar-refractivity contribution in [3.8, 4) is 0 Å². The summed E-state index contributed by atoms with van der Waals surface area (Å²) in [4.78, 5) is 23.2. The van der Waals surface area contributed by atoms with E-state index in [0.717, 1.165) is 12.8 Å². The fourth-order valence-corrected chi connectivity index (χ4v) is 1.52. The van der Waals surface area contributed by atoms with Gasteiger partial charge >= 0.3 is 12.0 Å². The Morgan fingerprint density at radius 1 is 1.42 bits per heavy atom. The van der Waals surface area contributed by atoms with E-state index in [4.69, 9.17) is 4.74 Å². The SMILES string of the molecule is C=CCOC(=O)c1cccc(NC(=O)NC2CC2)c1. The van der Waals surface area contributed by atoms with Crippen molar-refractivity contribution in [3.05, 3.63) is 42.5 Å². The minimum atomic E-state index is -0.439. The van der Waals surface area contributed by atoms with Gasteiger partial charge in [-0.1, -0.05) is 18.7 Å². The fourth-order valence-electron chi connectivity index (χ4n) is 1.52. The molecule has 0 saturated heterocycles. The van der Waals surface area contributed by atoms with E-state index < -0.39 is 5.97 Å². The number of hydrogen-bond acceptors (Lipinski definition) is 3. The van der Waals surface area contributed by atoms with Gasteiger partial charge in [-0.2, -0.15) is 0 Å². The Morgan fingerprint density at radius 3 is 2.89 bits per heavy atom. The lowest BCUT2D eigenvalue weighted by atomic mass is 10.2. The summed E-state index contributed by atoms with van der Waals surface area (Å²) in [6, 6.07) is 6.67. The largest absolute Gasteiger partial charge is 0.458 e.